The molecule has 30 heavy (non-hydrogen) atoms. The van der Waals surface area contributed by atoms with E-state index in [0.29, 0.717) is 12.5 Å². The van der Waals surface area contributed by atoms with E-state index in [2.05, 4.69) is 22.3 Å². The summed E-state index contributed by atoms with van der Waals surface area (Å²) in [7, 11) is 0. The van der Waals surface area contributed by atoms with Gasteiger partial charge in [0.05, 0.1) is 11.4 Å². The van der Waals surface area contributed by atoms with Crippen LogP contribution in [0.1, 0.15) is 5.56 Å². The summed E-state index contributed by atoms with van der Waals surface area (Å²) >= 11 is 0. The SMILES string of the molecule is c1ccc(-c2nn(-c3ccccc3)cc2COc2ccc(-c3nnco3)cc2)cc1. The normalized spacial score (nSPS) is 10.8. The maximum absolute atomic E-state index is 6.06. The molecule has 0 amide bonds. The van der Waals surface area contributed by atoms with Crippen molar-refractivity contribution in [2.45, 2.75) is 6.61 Å². The van der Waals surface area contributed by atoms with Gasteiger partial charge in [-0.3, -0.25) is 0 Å². The molecule has 0 unspecified atom stereocenters. The van der Waals surface area contributed by atoms with Gasteiger partial charge in [0.25, 0.3) is 0 Å². The predicted molar refractivity (Wildman–Crippen MR) is 113 cm³/mol. The van der Waals surface area contributed by atoms with Crippen LogP contribution in [-0.2, 0) is 6.61 Å². The van der Waals surface area contributed by atoms with Gasteiger partial charge in [-0.15, -0.1) is 10.2 Å². The van der Waals surface area contributed by atoms with E-state index in [1.54, 1.807) is 0 Å². The molecule has 6 heteroatoms. The summed E-state index contributed by atoms with van der Waals surface area (Å²) in [5.74, 6) is 1.24. The number of benzene rings is 3. The maximum atomic E-state index is 6.06. The third-order valence-corrected chi connectivity index (χ3v) is 4.71. The third kappa shape index (κ3) is 3.71. The summed E-state index contributed by atoms with van der Waals surface area (Å²) in [6, 6.07) is 27.8. The topological polar surface area (TPSA) is 66.0 Å². The van der Waals surface area contributed by atoms with Crippen LogP contribution in [0.25, 0.3) is 28.4 Å². The zero-order valence-electron chi connectivity index (χ0n) is 16.1. The van der Waals surface area contributed by atoms with Gasteiger partial charge in [-0.1, -0.05) is 48.5 Å². The van der Waals surface area contributed by atoms with E-state index in [0.717, 1.165) is 33.8 Å². The molecule has 0 fully saturated rings. The van der Waals surface area contributed by atoms with Crippen LogP contribution in [0.3, 0.4) is 0 Å². The van der Waals surface area contributed by atoms with Gasteiger partial charge in [0.1, 0.15) is 12.4 Å². The Kier molecular flexibility index (Phi) is 4.79. The molecule has 0 saturated carbocycles. The Labute approximate surface area is 173 Å². The van der Waals surface area contributed by atoms with Crippen LogP contribution in [0.2, 0.25) is 0 Å². The van der Waals surface area contributed by atoms with Gasteiger partial charge in [0, 0.05) is 22.9 Å². The first-order valence-electron chi connectivity index (χ1n) is 9.55. The minimum Gasteiger partial charge on any atom is -0.489 e. The summed E-state index contributed by atoms with van der Waals surface area (Å²) in [4.78, 5) is 0. The van der Waals surface area contributed by atoms with Crippen LogP contribution in [0.15, 0.2) is 102 Å². The molecule has 0 aliphatic rings. The summed E-state index contributed by atoms with van der Waals surface area (Å²) in [6.45, 7) is 0.400. The number of para-hydroxylation sites is 1. The molecule has 2 aromatic heterocycles. The number of ether oxygens (including phenoxy) is 1. The molecule has 0 saturated heterocycles. The average molecular weight is 394 g/mol. The highest BCUT2D eigenvalue weighted by molar-refractivity contribution is 5.63. The minimum absolute atomic E-state index is 0.400. The second-order valence-corrected chi connectivity index (χ2v) is 6.71. The molecule has 0 bridgehead atoms. The molecule has 5 rings (SSSR count). The Balaban J connectivity index is 1.41. The van der Waals surface area contributed by atoms with Crippen molar-refractivity contribution in [3.63, 3.8) is 0 Å². The van der Waals surface area contributed by atoms with Gasteiger partial charge in [0.2, 0.25) is 12.3 Å². The molecule has 5 aromatic rings. The monoisotopic (exact) mass is 394 g/mol. The lowest BCUT2D eigenvalue weighted by molar-refractivity contribution is 0.306. The fourth-order valence-electron chi connectivity index (χ4n) is 3.22. The van der Waals surface area contributed by atoms with Crippen molar-refractivity contribution in [2.24, 2.45) is 0 Å². The van der Waals surface area contributed by atoms with Gasteiger partial charge in [-0.25, -0.2) is 4.68 Å². The zero-order chi connectivity index (χ0) is 20.2. The molecule has 0 spiro atoms. The molecule has 146 valence electrons. The van der Waals surface area contributed by atoms with E-state index in [-0.39, 0.29) is 0 Å². The van der Waals surface area contributed by atoms with Gasteiger partial charge < -0.3 is 9.15 Å². The Morgan fingerprint density at radius 2 is 1.53 bits per heavy atom. The Morgan fingerprint density at radius 1 is 0.800 bits per heavy atom. The molecule has 0 aliphatic heterocycles. The van der Waals surface area contributed by atoms with E-state index in [9.17, 15) is 0 Å². The van der Waals surface area contributed by atoms with E-state index in [1.807, 2.05) is 83.7 Å². The zero-order valence-corrected chi connectivity index (χ0v) is 16.1. The summed E-state index contributed by atoms with van der Waals surface area (Å²) < 4.78 is 13.2. The van der Waals surface area contributed by atoms with E-state index in [4.69, 9.17) is 14.3 Å². The molecule has 0 radical (unpaired) electrons. The molecule has 6 nitrogen and oxygen atoms in total. The minimum atomic E-state index is 0.400. The molecule has 2 heterocycles. The van der Waals surface area contributed by atoms with Crippen molar-refractivity contribution in [3.05, 3.63) is 103 Å². The van der Waals surface area contributed by atoms with Crippen molar-refractivity contribution in [3.8, 4) is 34.1 Å². The molecule has 3 aromatic carbocycles. The van der Waals surface area contributed by atoms with Crippen LogP contribution < -0.4 is 4.74 Å². The standard InChI is InChI=1S/C24H18N4O2/c1-3-7-18(8-4-1)23-20(15-28(27-23)21-9-5-2-6-10-21)16-29-22-13-11-19(12-14-22)24-26-25-17-30-24/h1-15,17H,16H2. The number of aromatic nitrogens is 4. The van der Waals surface area contributed by atoms with Gasteiger partial charge in [0.15, 0.2) is 0 Å². The predicted octanol–water partition coefficient (Wildman–Crippen LogP) is 5.17. The lowest BCUT2D eigenvalue weighted by Gasteiger charge is -2.07. The summed E-state index contributed by atoms with van der Waals surface area (Å²) in [6.07, 6.45) is 3.33. The maximum Gasteiger partial charge on any atom is 0.247 e. The summed E-state index contributed by atoms with van der Waals surface area (Å²) in [5.41, 5.74) is 4.82. The largest absolute Gasteiger partial charge is 0.489 e. The number of nitrogens with zero attached hydrogens (tertiary/aromatic N) is 4. The second-order valence-electron chi connectivity index (χ2n) is 6.71. The lowest BCUT2D eigenvalue weighted by atomic mass is 10.1. The van der Waals surface area contributed by atoms with Crippen molar-refractivity contribution < 1.29 is 9.15 Å². The first-order chi connectivity index (χ1) is 14.9. The smallest absolute Gasteiger partial charge is 0.247 e. The van der Waals surface area contributed by atoms with Gasteiger partial charge in [-0.05, 0) is 36.4 Å². The van der Waals surface area contributed by atoms with Gasteiger partial charge >= 0.3 is 0 Å². The highest BCUT2D eigenvalue weighted by atomic mass is 16.5. The number of hydrogen-bond acceptors (Lipinski definition) is 5. The Morgan fingerprint density at radius 3 is 2.23 bits per heavy atom. The number of hydrogen-bond donors (Lipinski definition) is 0. The fraction of sp³-hybridized carbons (Fsp3) is 0.0417. The van der Waals surface area contributed by atoms with Crippen LogP contribution in [0, 0.1) is 0 Å². The van der Waals surface area contributed by atoms with Crippen LogP contribution in [-0.4, -0.2) is 20.0 Å². The number of rotatable bonds is 6. The van der Waals surface area contributed by atoms with E-state index < -0.39 is 0 Å². The third-order valence-electron chi connectivity index (χ3n) is 4.71. The van der Waals surface area contributed by atoms with Crippen LogP contribution >= 0.6 is 0 Å². The Bertz CT molecular complexity index is 1220. The quantitative estimate of drug-likeness (QED) is 0.398. The highest BCUT2D eigenvalue weighted by Crippen LogP contribution is 2.26. The van der Waals surface area contributed by atoms with Crippen LogP contribution in [0.4, 0.5) is 0 Å². The molecule has 0 aliphatic carbocycles. The average Bonchev–Trinajstić information content (AvgIpc) is 3.50. The van der Waals surface area contributed by atoms with Crippen molar-refractivity contribution in [1.29, 1.82) is 0 Å². The summed E-state index contributed by atoms with van der Waals surface area (Å²) in [5, 5.41) is 12.4. The van der Waals surface area contributed by atoms with E-state index >= 15 is 0 Å². The van der Waals surface area contributed by atoms with Crippen molar-refractivity contribution in [1.82, 2.24) is 20.0 Å². The lowest BCUT2D eigenvalue weighted by Crippen LogP contribution is -1.96. The van der Waals surface area contributed by atoms with E-state index in [1.165, 1.54) is 6.39 Å². The van der Waals surface area contributed by atoms with Crippen molar-refractivity contribution >= 4 is 0 Å². The van der Waals surface area contributed by atoms with Crippen LogP contribution in [0.5, 0.6) is 5.75 Å². The molecular formula is C24H18N4O2. The fourth-order valence-corrected chi connectivity index (χ4v) is 3.22. The first kappa shape index (κ1) is 17.9. The highest BCUT2D eigenvalue weighted by Gasteiger charge is 2.13. The first-order valence-corrected chi connectivity index (χ1v) is 9.55. The van der Waals surface area contributed by atoms with Crippen molar-refractivity contribution in [2.75, 3.05) is 0 Å². The van der Waals surface area contributed by atoms with Gasteiger partial charge in [-0.2, -0.15) is 5.10 Å². The molecule has 0 atom stereocenters. The molecule has 0 N–H and O–H groups in total. The second kappa shape index (κ2) is 8.05. The Hall–Kier alpha value is -4.19. The molecular weight excluding hydrogens is 376 g/mol.